The number of nitrogens with one attached hydrogen (secondary N) is 1. The van der Waals surface area contributed by atoms with Crippen molar-refractivity contribution >= 4 is 49.7 Å². The number of nitrogens with zero attached hydrogens (tertiary/aromatic N) is 2. The monoisotopic (exact) mass is 523 g/mol. The summed E-state index contributed by atoms with van der Waals surface area (Å²) in [5.74, 6) is 0.292. The Balaban J connectivity index is 1.43. The van der Waals surface area contributed by atoms with E-state index in [2.05, 4.69) is 5.32 Å². The maximum absolute atomic E-state index is 13.0. The van der Waals surface area contributed by atoms with E-state index >= 15 is 0 Å². The van der Waals surface area contributed by atoms with Gasteiger partial charge < -0.3 is 19.7 Å². The van der Waals surface area contributed by atoms with Gasteiger partial charge in [0.05, 0.1) is 24.2 Å². The molecule has 184 valence electrons. The minimum atomic E-state index is -3.59. The van der Waals surface area contributed by atoms with E-state index in [1.807, 2.05) is 4.90 Å². The zero-order valence-corrected chi connectivity index (χ0v) is 21.8. The molecule has 1 aliphatic heterocycles. The van der Waals surface area contributed by atoms with E-state index in [9.17, 15) is 13.2 Å². The summed E-state index contributed by atoms with van der Waals surface area (Å²) in [6.07, 6.45) is 4.01. The minimum absolute atomic E-state index is 0.241. The first-order valence-electron chi connectivity index (χ1n) is 11.4. The zero-order chi connectivity index (χ0) is 24.3. The fourth-order valence-corrected chi connectivity index (χ4v) is 7.33. The quantitative estimate of drug-likeness (QED) is 0.455. The topological polar surface area (TPSA) is 88.2 Å². The van der Waals surface area contributed by atoms with Crippen molar-refractivity contribution in [3.63, 3.8) is 0 Å². The number of anilines is 1. The van der Waals surface area contributed by atoms with Gasteiger partial charge in [-0.2, -0.15) is 4.31 Å². The summed E-state index contributed by atoms with van der Waals surface area (Å²) in [7, 11) is -2.05. The predicted molar refractivity (Wildman–Crippen MR) is 136 cm³/mol. The second-order valence-corrected chi connectivity index (χ2v) is 11.6. The lowest BCUT2D eigenvalue weighted by Crippen LogP contribution is -2.51. The maximum atomic E-state index is 13.0. The van der Waals surface area contributed by atoms with Crippen molar-refractivity contribution in [2.45, 2.75) is 37.5 Å². The average Bonchev–Trinajstić information content (AvgIpc) is 3.22. The Morgan fingerprint density at radius 2 is 1.79 bits per heavy atom. The van der Waals surface area contributed by atoms with Crippen LogP contribution in [0.2, 0.25) is 0 Å². The number of sulfonamides is 1. The highest BCUT2D eigenvalue weighted by Crippen LogP contribution is 2.38. The Morgan fingerprint density at radius 1 is 1.12 bits per heavy atom. The van der Waals surface area contributed by atoms with Gasteiger partial charge in [-0.1, -0.05) is 0 Å². The number of thiocarbonyl (C=S) groups is 1. The molecule has 11 heteroatoms. The van der Waals surface area contributed by atoms with Crippen LogP contribution in [0.4, 0.5) is 5.00 Å². The van der Waals surface area contributed by atoms with Crippen LogP contribution in [-0.4, -0.2) is 68.6 Å². The lowest BCUT2D eigenvalue weighted by Gasteiger charge is -2.35. The van der Waals surface area contributed by atoms with Crippen molar-refractivity contribution < 1.29 is 22.7 Å². The molecule has 34 heavy (non-hydrogen) atoms. The van der Waals surface area contributed by atoms with Crippen LogP contribution in [0.1, 0.15) is 40.6 Å². The first-order valence-corrected chi connectivity index (χ1v) is 14.0. The van der Waals surface area contributed by atoms with Crippen LogP contribution in [0, 0.1) is 0 Å². The highest BCUT2D eigenvalue weighted by molar-refractivity contribution is 7.89. The number of benzene rings is 1. The Kier molecular flexibility index (Phi) is 7.76. The number of hydrogen-bond acceptors (Lipinski definition) is 7. The molecule has 0 radical (unpaired) electrons. The lowest BCUT2D eigenvalue weighted by molar-refractivity contribution is 0.0526. The third-order valence-electron chi connectivity index (χ3n) is 6.09. The molecule has 0 bridgehead atoms. The summed E-state index contributed by atoms with van der Waals surface area (Å²) in [6.45, 7) is 3.68. The zero-order valence-electron chi connectivity index (χ0n) is 19.3. The second kappa shape index (κ2) is 10.6. The van der Waals surface area contributed by atoms with E-state index in [-0.39, 0.29) is 10.9 Å². The molecule has 1 aromatic carbocycles. The third-order valence-corrected chi connectivity index (χ3v) is 9.57. The smallest absolute Gasteiger partial charge is 0.341 e. The molecular weight excluding hydrogens is 494 g/mol. The molecule has 1 saturated heterocycles. The van der Waals surface area contributed by atoms with Crippen molar-refractivity contribution in [3.8, 4) is 5.75 Å². The number of methoxy groups -OCH3 is 1. The molecule has 0 spiro atoms. The van der Waals surface area contributed by atoms with Gasteiger partial charge in [0.2, 0.25) is 10.0 Å². The Morgan fingerprint density at radius 3 is 2.44 bits per heavy atom. The predicted octanol–water partition coefficient (Wildman–Crippen LogP) is 3.52. The molecule has 0 amide bonds. The molecule has 1 aliphatic carbocycles. The molecule has 1 fully saturated rings. The Bertz CT molecular complexity index is 1150. The number of rotatable bonds is 6. The van der Waals surface area contributed by atoms with E-state index in [0.717, 1.165) is 36.2 Å². The van der Waals surface area contributed by atoms with Crippen LogP contribution >= 0.6 is 23.6 Å². The van der Waals surface area contributed by atoms with Gasteiger partial charge >= 0.3 is 5.97 Å². The van der Waals surface area contributed by atoms with Crippen molar-refractivity contribution in [1.82, 2.24) is 9.21 Å². The molecule has 2 aliphatic rings. The van der Waals surface area contributed by atoms with E-state index in [1.165, 1.54) is 9.18 Å². The van der Waals surface area contributed by atoms with Crippen LogP contribution < -0.4 is 10.1 Å². The minimum Gasteiger partial charge on any atom is -0.497 e. The lowest BCUT2D eigenvalue weighted by atomic mass is 9.95. The van der Waals surface area contributed by atoms with E-state index in [4.69, 9.17) is 21.7 Å². The van der Waals surface area contributed by atoms with Gasteiger partial charge in [-0.3, -0.25) is 0 Å². The summed E-state index contributed by atoms with van der Waals surface area (Å²) in [5, 5.41) is 4.48. The van der Waals surface area contributed by atoms with E-state index in [1.54, 1.807) is 49.6 Å². The summed E-state index contributed by atoms with van der Waals surface area (Å²) in [5.41, 5.74) is 1.68. The molecule has 2 heterocycles. The number of thiophene rings is 1. The van der Waals surface area contributed by atoms with Crippen LogP contribution in [-0.2, 0) is 27.6 Å². The number of piperazine rings is 1. The Hall–Kier alpha value is -2.21. The molecule has 0 unspecified atom stereocenters. The first kappa shape index (κ1) is 24.9. The molecule has 0 atom stereocenters. The van der Waals surface area contributed by atoms with Crippen molar-refractivity contribution in [2.24, 2.45) is 0 Å². The molecule has 0 saturated carbocycles. The van der Waals surface area contributed by atoms with Gasteiger partial charge in [-0.25, -0.2) is 13.2 Å². The number of esters is 1. The van der Waals surface area contributed by atoms with Gasteiger partial charge in [-0.15, -0.1) is 11.3 Å². The van der Waals surface area contributed by atoms with Gasteiger partial charge in [0, 0.05) is 31.1 Å². The van der Waals surface area contributed by atoms with Crippen molar-refractivity contribution in [2.75, 3.05) is 45.2 Å². The summed E-state index contributed by atoms with van der Waals surface area (Å²) < 4.78 is 37.9. The first-order chi connectivity index (χ1) is 16.3. The highest BCUT2D eigenvalue weighted by Gasteiger charge is 2.31. The Labute approximate surface area is 209 Å². The molecule has 2 aromatic rings. The fraction of sp³-hybridized carbons (Fsp3) is 0.478. The highest BCUT2D eigenvalue weighted by atomic mass is 32.2. The third kappa shape index (κ3) is 5.07. The van der Waals surface area contributed by atoms with E-state index < -0.39 is 10.0 Å². The molecule has 1 aromatic heterocycles. The molecule has 4 rings (SSSR count). The van der Waals surface area contributed by atoms with Crippen LogP contribution in [0.25, 0.3) is 0 Å². The van der Waals surface area contributed by atoms with Crippen LogP contribution in [0.5, 0.6) is 5.75 Å². The van der Waals surface area contributed by atoms with E-state index in [0.29, 0.717) is 49.2 Å². The van der Waals surface area contributed by atoms with Crippen molar-refractivity contribution in [3.05, 3.63) is 40.3 Å². The maximum Gasteiger partial charge on any atom is 0.341 e. The number of carbonyl (C=O) groups excluding carboxylic acids is 1. The van der Waals surface area contributed by atoms with Gasteiger partial charge in [0.15, 0.2) is 5.11 Å². The summed E-state index contributed by atoms with van der Waals surface area (Å²) in [4.78, 5) is 16.1. The summed E-state index contributed by atoms with van der Waals surface area (Å²) >= 11 is 7.22. The number of fused-ring (bicyclic) bond motifs is 1. The van der Waals surface area contributed by atoms with Gasteiger partial charge in [0.1, 0.15) is 10.8 Å². The van der Waals surface area contributed by atoms with Crippen LogP contribution in [0.15, 0.2) is 29.2 Å². The number of hydrogen-bond donors (Lipinski definition) is 1. The fourth-order valence-electron chi connectivity index (χ4n) is 4.28. The second-order valence-electron chi connectivity index (χ2n) is 8.13. The van der Waals surface area contributed by atoms with Crippen LogP contribution in [0.3, 0.4) is 0 Å². The average molecular weight is 524 g/mol. The standard InChI is InChI=1S/C23H29N3O5S3/c1-3-31-22(27)20-18-6-4-5-7-19(18)33-21(20)24-23(32)25-12-14-26(15-13-25)34(28,29)17-10-8-16(30-2)9-11-17/h8-11H,3-7,12-15H2,1-2H3,(H,24,32). The van der Waals surface area contributed by atoms with Gasteiger partial charge in [-0.05, 0) is 74.7 Å². The number of aryl methyl sites for hydroxylation is 1. The largest absolute Gasteiger partial charge is 0.497 e. The normalized spacial score (nSPS) is 16.6. The van der Waals surface area contributed by atoms with Crippen molar-refractivity contribution in [1.29, 1.82) is 0 Å². The van der Waals surface area contributed by atoms with Gasteiger partial charge in [0.25, 0.3) is 0 Å². The number of ether oxygens (including phenoxy) is 2. The summed E-state index contributed by atoms with van der Waals surface area (Å²) in [6, 6.07) is 6.40. The molecule has 1 N–H and O–H groups in total. The number of carbonyl (C=O) groups is 1. The molecular formula is C23H29N3O5S3. The molecule has 8 nitrogen and oxygen atoms in total. The SMILES string of the molecule is CCOC(=O)c1c(NC(=S)N2CCN(S(=O)(=O)c3ccc(OC)cc3)CC2)sc2c1CCCC2.